The highest BCUT2D eigenvalue weighted by molar-refractivity contribution is 5.88. The first-order valence-electron chi connectivity index (χ1n) is 37.7. The molecule has 0 radical (unpaired) electrons. The van der Waals surface area contributed by atoms with Crippen LogP contribution in [-0.2, 0) is 171 Å². The SMILES string of the molecule is CCC(COC(=O)C(C)(CO)COCC(=O)C(C)(COC(=O)C(C)(COC)COC)COC(=O)C(C)(COC)COC)(COC(=O)C(C)(CO)COC(=O)C(C)(COC(=O)C(C)(COC)COC)COC(=O)C(C)(COC)COC)COC(=O)C(C)(CO)COC(=O)C(C)(COC(=O)C(C)(COC)COC)COC(=O)C(C)(COC)COC. The van der Waals surface area contributed by atoms with Crippen LogP contribution < -0.4 is 0 Å². The van der Waals surface area contributed by atoms with Crippen molar-refractivity contribution in [3.8, 4) is 0 Å². The number of ketones is 1. The van der Waals surface area contributed by atoms with Gasteiger partial charge in [0.15, 0.2) is 5.78 Å². The standard InChI is InChI=1S/C79H136O39/c1-26-79(53-117-57(85)68(3,29-81)44-108-65(93)77(12,48-112-61(89)73(8,35-99-18)36-100-19)49-113-62(90)74(9,37-101-20)38-102-21,54-118-58(86)69(4,30-82)45-109-66(94)78(13,50-114-63(91)75(10,39-103-22)40-104-23)51-115-64(92)76(11,41-105-24)42-106-25)52-116-56(84)67(2,28-80)43-107-27-55(83)70(5,46-110-59(87)71(6,31-95-14)32-96-15)47-111-60(88)72(7,33-97-16)34-98-17/h80-82H,26-54H2,1-25H3. The summed E-state index contributed by atoms with van der Waals surface area (Å²) in [6.45, 7) is 1.19. The fourth-order valence-corrected chi connectivity index (χ4v) is 11.2. The van der Waals surface area contributed by atoms with Gasteiger partial charge < -0.3 is 129 Å². The molecular formula is C79H136O39. The van der Waals surface area contributed by atoms with Crippen molar-refractivity contribution in [1.29, 1.82) is 0 Å². The maximum absolute atomic E-state index is 14.6. The van der Waals surface area contributed by atoms with E-state index in [1.165, 1.54) is 161 Å². The normalized spacial score (nSPS) is 14.7. The summed E-state index contributed by atoms with van der Waals surface area (Å²) >= 11 is 0. The first kappa shape index (κ1) is 111. The second-order valence-corrected chi connectivity index (χ2v) is 33.5. The lowest BCUT2D eigenvalue weighted by Gasteiger charge is -2.36. The van der Waals surface area contributed by atoms with E-state index in [0.29, 0.717) is 0 Å². The van der Waals surface area contributed by atoms with Crippen molar-refractivity contribution in [3.63, 3.8) is 0 Å². The van der Waals surface area contributed by atoms with Gasteiger partial charge in [0.25, 0.3) is 0 Å². The second-order valence-electron chi connectivity index (χ2n) is 33.5. The van der Waals surface area contributed by atoms with Crippen LogP contribution >= 0.6 is 0 Å². The number of carbonyl (C=O) groups is 12. The second kappa shape index (κ2) is 51.2. The third-order valence-electron chi connectivity index (χ3n) is 19.8. The number of hydrogen-bond acceptors (Lipinski definition) is 39. The van der Waals surface area contributed by atoms with Crippen LogP contribution in [-0.4, -0.2) is 357 Å². The van der Waals surface area contributed by atoms with Gasteiger partial charge in [0, 0.05) is 85.3 Å². The lowest BCUT2D eigenvalue weighted by Crippen LogP contribution is -2.48. The number of aliphatic hydroxyl groups excluding tert-OH is 3. The molecule has 3 unspecified atom stereocenters. The first-order valence-corrected chi connectivity index (χ1v) is 37.7. The summed E-state index contributed by atoms with van der Waals surface area (Å²) in [6.07, 6.45) is -0.258. The van der Waals surface area contributed by atoms with E-state index in [-0.39, 0.29) is 85.7 Å². The fraction of sp³-hybridized carbons (Fsp3) is 0.848. The van der Waals surface area contributed by atoms with Crippen molar-refractivity contribution < 1.29 is 187 Å². The summed E-state index contributed by atoms with van der Waals surface area (Å²) in [4.78, 5) is 169. The number of hydrogen-bond donors (Lipinski definition) is 3. The van der Waals surface area contributed by atoms with Crippen LogP contribution in [0.3, 0.4) is 0 Å². The smallest absolute Gasteiger partial charge is 0.318 e. The lowest BCUT2D eigenvalue weighted by molar-refractivity contribution is -0.185. The molecule has 118 heavy (non-hydrogen) atoms. The highest BCUT2D eigenvalue weighted by Crippen LogP contribution is 2.36. The highest BCUT2D eigenvalue weighted by Gasteiger charge is 2.51. The number of aliphatic hydroxyl groups is 3. The third kappa shape index (κ3) is 32.5. The number of rotatable bonds is 66. The molecule has 0 spiro atoms. The zero-order valence-electron chi connectivity index (χ0n) is 74.0. The predicted octanol–water partition coefficient (Wildman–Crippen LogP) is 1.75. The van der Waals surface area contributed by atoms with Crippen molar-refractivity contribution in [2.45, 2.75) is 96.4 Å². The molecule has 3 atom stereocenters. The average Bonchev–Trinajstić information content (AvgIpc) is 0.815. The highest BCUT2D eigenvalue weighted by atomic mass is 16.6. The number of carbonyl (C=O) groups excluding carboxylic acids is 12. The minimum atomic E-state index is -2.21. The molecule has 39 heteroatoms. The van der Waals surface area contributed by atoms with E-state index in [1.54, 1.807) is 0 Å². The fourth-order valence-electron chi connectivity index (χ4n) is 11.2. The molecule has 0 fully saturated rings. The number of methoxy groups -OCH3 is 12. The minimum Gasteiger partial charge on any atom is -0.464 e. The van der Waals surface area contributed by atoms with Crippen LogP contribution in [0.1, 0.15) is 96.4 Å². The van der Waals surface area contributed by atoms with Crippen LogP contribution in [0.25, 0.3) is 0 Å². The van der Waals surface area contributed by atoms with E-state index >= 15 is 0 Å². The molecule has 0 aromatic heterocycles. The van der Waals surface area contributed by atoms with Gasteiger partial charge in [-0.15, -0.1) is 0 Å². The Kier molecular flexibility index (Phi) is 48.3. The van der Waals surface area contributed by atoms with E-state index < -0.39 is 248 Å². The van der Waals surface area contributed by atoms with Crippen molar-refractivity contribution in [3.05, 3.63) is 0 Å². The third-order valence-corrected chi connectivity index (χ3v) is 19.8. The van der Waals surface area contributed by atoms with Crippen molar-refractivity contribution in [2.75, 3.05) is 270 Å². The lowest BCUT2D eigenvalue weighted by atomic mass is 9.86. The van der Waals surface area contributed by atoms with Gasteiger partial charge >= 0.3 is 65.7 Å². The Morgan fingerprint density at radius 1 is 0.195 bits per heavy atom. The van der Waals surface area contributed by atoms with E-state index in [0.717, 1.165) is 13.8 Å². The van der Waals surface area contributed by atoms with Crippen molar-refractivity contribution in [2.24, 2.45) is 70.4 Å². The van der Waals surface area contributed by atoms with E-state index in [4.69, 9.17) is 114 Å². The molecule has 0 aliphatic heterocycles. The molecule has 0 aromatic rings. The number of ether oxygens (including phenoxy) is 24. The summed E-state index contributed by atoms with van der Waals surface area (Å²) in [7, 11) is 16.1. The molecule has 0 aromatic carbocycles. The van der Waals surface area contributed by atoms with Crippen molar-refractivity contribution >= 4 is 71.4 Å². The van der Waals surface area contributed by atoms with E-state index in [9.17, 15) is 72.9 Å². The van der Waals surface area contributed by atoms with Gasteiger partial charge in [0.2, 0.25) is 0 Å². The number of Topliss-reactive ketones (excluding diaryl/α,β-unsaturated/α-hetero) is 1. The van der Waals surface area contributed by atoms with Gasteiger partial charge in [-0.05, 0) is 89.5 Å². The quantitative estimate of drug-likeness (QED) is 0.0577. The van der Waals surface area contributed by atoms with Gasteiger partial charge in [-0.1, -0.05) is 6.92 Å². The Labute approximate surface area is 692 Å². The molecule has 0 amide bonds. The predicted molar refractivity (Wildman–Crippen MR) is 410 cm³/mol. The molecule has 0 heterocycles. The zero-order valence-corrected chi connectivity index (χ0v) is 74.0. The molecule has 0 saturated carbocycles. The van der Waals surface area contributed by atoms with Crippen molar-refractivity contribution in [1.82, 2.24) is 0 Å². The Morgan fingerprint density at radius 2 is 0.331 bits per heavy atom. The Bertz CT molecular complexity index is 2870. The van der Waals surface area contributed by atoms with Gasteiger partial charge in [0.05, 0.1) is 117 Å². The van der Waals surface area contributed by atoms with Crippen LogP contribution in [0.2, 0.25) is 0 Å². The summed E-state index contributed by atoms with van der Waals surface area (Å²) in [5.41, 5.74) is -22.8. The Balaban J connectivity index is 8.03. The molecule has 3 N–H and O–H groups in total. The maximum atomic E-state index is 14.6. The molecule has 0 saturated heterocycles. The average molecular weight is 1710 g/mol. The molecular weight excluding hydrogens is 1570 g/mol. The summed E-state index contributed by atoms with van der Waals surface area (Å²) in [6, 6.07) is 0. The monoisotopic (exact) mass is 1710 g/mol. The minimum absolute atomic E-state index is 0.163. The molecule has 0 aliphatic carbocycles. The van der Waals surface area contributed by atoms with Crippen LogP contribution in [0.4, 0.5) is 0 Å². The van der Waals surface area contributed by atoms with Gasteiger partial charge in [-0.2, -0.15) is 0 Å². The zero-order chi connectivity index (χ0) is 90.9. The van der Waals surface area contributed by atoms with Crippen LogP contribution in [0, 0.1) is 70.4 Å². The van der Waals surface area contributed by atoms with Crippen LogP contribution in [0.15, 0.2) is 0 Å². The van der Waals surface area contributed by atoms with Gasteiger partial charge in [-0.3, -0.25) is 57.5 Å². The molecule has 0 aliphatic rings. The number of esters is 11. The summed E-state index contributed by atoms with van der Waals surface area (Å²) < 4.78 is 132. The Morgan fingerprint density at radius 3 is 0.492 bits per heavy atom. The Hall–Kier alpha value is -6.80. The van der Waals surface area contributed by atoms with Gasteiger partial charge in [0.1, 0.15) is 139 Å². The summed E-state index contributed by atoms with van der Waals surface area (Å²) in [5.74, 6) is -12.4. The summed E-state index contributed by atoms with van der Waals surface area (Å²) in [5, 5.41) is 32.9. The largest absolute Gasteiger partial charge is 0.464 e. The van der Waals surface area contributed by atoms with Crippen LogP contribution in [0.5, 0.6) is 0 Å². The topological polar surface area (TPSA) is 487 Å². The molecule has 686 valence electrons. The van der Waals surface area contributed by atoms with Gasteiger partial charge in [-0.25, -0.2) is 0 Å². The molecule has 0 rings (SSSR count). The van der Waals surface area contributed by atoms with E-state index in [1.807, 2.05) is 0 Å². The first-order chi connectivity index (χ1) is 55.0. The molecule has 0 bridgehead atoms. The van der Waals surface area contributed by atoms with E-state index in [2.05, 4.69) is 0 Å². The molecule has 39 nitrogen and oxygen atoms in total. The maximum Gasteiger partial charge on any atom is 0.318 e.